The van der Waals surface area contributed by atoms with Crippen LogP contribution in [0.1, 0.15) is 36.9 Å². The van der Waals surface area contributed by atoms with Crippen molar-refractivity contribution < 1.29 is 13.2 Å². The molecule has 1 saturated heterocycles. The number of hydrogen-bond acceptors (Lipinski definition) is 2. The van der Waals surface area contributed by atoms with Crippen molar-refractivity contribution in [1.82, 2.24) is 4.90 Å². The number of nitrogens with zero attached hydrogens (tertiary/aromatic N) is 1. The first-order chi connectivity index (χ1) is 8.95. The minimum absolute atomic E-state index is 0.206. The van der Waals surface area contributed by atoms with Crippen LogP contribution in [0.15, 0.2) is 24.3 Å². The molecule has 2 unspecified atom stereocenters. The van der Waals surface area contributed by atoms with Gasteiger partial charge in [0, 0.05) is 18.6 Å². The molecule has 0 aliphatic carbocycles. The molecule has 1 aromatic carbocycles. The fraction of sp³-hybridized carbons (Fsp3) is 0.571. The molecule has 19 heavy (non-hydrogen) atoms. The van der Waals surface area contributed by atoms with E-state index >= 15 is 0 Å². The van der Waals surface area contributed by atoms with Gasteiger partial charge in [-0.1, -0.05) is 18.2 Å². The second-order valence-corrected chi connectivity index (χ2v) is 5.07. The van der Waals surface area contributed by atoms with E-state index in [1.165, 1.54) is 6.07 Å². The van der Waals surface area contributed by atoms with Crippen molar-refractivity contribution in [2.45, 2.75) is 38.0 Å². The fourth-order valence-corrected chi connectivity index (χ4v) is 2.91. The zero-order valence-corrected chi connectivity index (χ0v) is 11.0. The van der Waals surface area contributed by atoms with Crippen LogP contribution >= 0.6 is 0 Å². The van der Waals surface area contributed by atoms with Gasteiger partial charge in [0.15, 0.2) is 0 Å². The van der Waals surface area contributed by atoms with Crippen LogP contribution in [0, 0.1) is 0 Å². The molecule has 0 bridgehead atoms. The number of hydrogen-bond donors (Lipinski definition) is 1. The molecule has 106 valence electrons. The Morgan fingerprint density at radius 2 is 2.05 bits per heavy atom. The Balaban J connectivity index is 2.38. The Kier molecular flexibility index (Phi) is 4.16. The van der Waals surface area contributed by atoms with Crippen molar-refractivity contribution in [2.75, 3.05) is 13.1 Å². The average Bonchev–Trinajstić information content (AvgIpc) is 2.76. The molecule has 0 radical (unpaired) electrons. The van der Waals surface area contributed by atoms with E-state index in [9.17, 15) is 13.2 Å². The predicted molar refractivity (Wildman–Crippen MR) is 68.6 cm³/mol. The maximum Gasteiger partial charge on any atom is 0.416 e. The van der Waals surface area contributed by atoms with E-state index in [1.807, 2.05) is 6.92 Å². The van der Waals surface area contributed by atoms with Crippen LogP contribution in [0.3, 0.4) is 0 Å². The van der Waals surface area contributed by atoms with Crippen molar-refractivity contribution in [3.05, 3.63) is 35.4 Å². The van der Waals surface area contributed by atoms with Gasteiger partial charge in [-0.2, -0.15) is 13.2 Å². The quantitative estimate of drug-likeness (QED) is 0.915. The van der Waals surface area contributed by atoms with Gasteiger partial charge in [-0.15, -0.1) is 0 Å². The van der Waals surface area contributed by atoms with Crippen molar-refractivity contribution in [2.24, 2.45) is 5.73 Å². The highest BCUT2D eigenvalue weighted by atomic mass is 19.4. The minimum atomic E-state index is -4.33. The van der Waals surface area contributed by atoms with Crippen molar-refractivity contribution in [3.63, 3.8) is 0 Å². The first-order valence-corrected chi connectivity index (χ1v) is 6.57. The Labute approximate surface area is 111 Å². The third kappa shape index (κ3) is 2.92. The van der Waals surface area contributed by atoms with E-state index in [4.69, 9.17) is 5.73 Å². The van der Waals surface area contributed by atoms with E-state index in [-0.39, 0.29) is 18.6 Å². The minimum Gasteiger partial charge on any atom is -0.329 e. The Hall–Kier alpha value is -1.07. The third-order valence-electron chi connectivity index (χ3n) is 3.85. The van der Waals surface area contributed by atoms with Gasteiger partial charge in [0.1, 0.15) is 0 Å². The first-order valence-electron chi connectivity index (χ1n) is 6.57. The van der Waals surface area contributed by atoms with Crippen molar-refractivity contribution >= 4 is 0 Å². The molecule has 1 aliphatic rings. The molecule has 2 atom stereocenters. The van der Waals surface area contributed by atoms with Crippen LogP contribution in [0.5, 0.6) is 0 Å². The van der Waals surface area contributed by atoms with E-state index < -0.39 is 11.7 Å². The third-order valence-corrected chi connectivity index (χ3v) is 3.85. The van der Waals surface area contributed by atoms with Gasteiger partial charge >= 0.3 is 6.18 Å². The monoisotopic (exact) mass is 272 g/mol. The normalized spacial score (nSPS) is 22.7. The molecule has 2 rings (SSSR count). The van der Waals surface area contributed by atoms with Crippen molar-refractivity contribution in [1.29, 1.82) is 0 Å². The summed E-state index contributed by atoms with van der Waals surface area (Å²) in [6.45, 7) is 3.07. The highest BCUT2D eigenvalue weighted by molar-refractivity contribution is 5.33. The lowest BCUT2D eigenvalue weighted by atomic mass is 9.98. The maximum absolute atomic E-state index is 13.1. The summed E-state index contributed by atoms with van der Waals surface area (Å²) < 4.78 is 39.2. The summed E-state index contributed by atoms with van der Waals surface area (Å²) >= 11 is 0. The van der Waals surface area contributed by atoms with E-state index in [0.717, 1.165) is 25.5 Å². The smallest absolute Gasteiger partial charge is 0.329 e. The Morgan fingerprint density at radius 3 is 2.58 bits per heavy atom. The molecule has 1 fully saturated rings. The number of likely N-dealkylation sites (tertiary alicyclic amines) is 1. The molecule has 1 heterocycles. The van der Waals surface area contributed by atoms with Gasteiger partial charge in [-0.05, 0) is 37.9 Å². The second-order valence-electron chi connectivity index (χ2n) is 5.07. The highest BCUT2D eigenvalue weighted by Gasteiger charge is 2.37. The summed E-state index contributed by atoms with van der Waals surface area (Å²) in [6, 6.07) is 5.69. The summed E-state index contributed by atoms with van der Waals surface area (Å²) in [6.07, 6.45) is -2.29. The van der Waals surface area contributed by atoms with Crippen LogP contribution in [0.4, 0.5) is 13.2 Å². The van der Waals surface area contributed by atoms with Crippen LogP contribution < -0.4 is 5.73 Å². The summed E-state index contributed by atoms with van der Waals surface area (Å²) in [5, 5.41) is 0. The summed E-state index contributed by atoms with van der Waals surface area (Å²) in [5.74, 6) is 0. The van der Waals surface area contributed by atoms with Gasteiger partial charge in [-0.25, -0.2) is 0 Å². The Morgan fingerprint density at radius 1 is 1.37 bits per heavy atom. The molecule has 0 saturated carbocycles. The number of alkyl halides is 3. The molecule has 1 aliphatic heterocycles. The van der Waals surface area contributed by atoms with Gasteiger partial charge in [0.25, 0.3) is 0 Å². The summed E-state index contributed by atoms with van der Waals surface area (Å²) in [7, 11) is 0. The number of benzene rings is 1. The lowest BCUT2D eigenvalue weighted by Gasteiger charge is -2.32. The topological polar surface area (TPSA) is 29.3 Å². The SMILES string of the molecule is CC1CCCN1C(CN)c1ccccc1C(F)(F)F. The number of rotatable bonds is 3. The molecule has 2 nitrogen and oxygen atoms in total. The first kappa shape index (κ1) is 14.3. The summed E-state index contributed by atoms with van der Waals surface area (Å²) in [4.78, 5) is 2.09. The molecule has 2 N–H and O–H groups in total. The Bertz CT molecular complexity index is 431. The van der Waals surface area contributed by atoms with Crippen LogP contribution in [-0.2, 0) is 6.18 Å². The molecule has 5 heteroatoms. The average molecular weight is 272 g/mol. The number of halogens is 3. The summed E-state index contributed by atoms with van der Waals surface area (Å²) in [5.41, 5.74) is 5.48. The highest BCUT2D eigenvalue weighted by Crippen LogP contribution is 2.37. The zero-order valence-electron chi connectivity index (χ0n) is 11.0. The van der Waals surface area contributed by atoms with Gasteiger partial charge in [0.05, 0.1) is 5.56 Å². The van der Waals surface area contributed by atoms with Gasteiger partial charge in [-0.3, -0.25) is 4.90 Å². The lowest BCUT2D eigenvalue weighted by molar-refractivity contribution is -0.138. The molecule has 0 aromatic heterocycles. The van der Waals surface area contributed by atoms with E-state index in [1.54, 1.807) is 12.1 Å². The van der Waals surface area contributed by atoms with E-state index in [2.05, 4.69) is 4.90 Å². The van der Waals surface area contributed by atoms with E-state index in [0.29, 0.717) is 5.56 Å². The predicted octanol–water partition coefficient (Wildman–Crippen LogP) is 3.19. The maximum atomic E-state index is 13.1. The van der Waals surface area contributed by atoms with Crippen LogP contribution in [0.2, 0.25) is 0 Å². The molecular weight excluding hydrogens is 253 g/mol. The number of nitrogens with two attached hydrogens (primary N) is 1. The van der Waals surface area contributed by atoms with Gasteiger partial charge < -0.3 is 5.73 Å². The molecular formula is C14H19F3N2. The van der Waals surface area contributed by atoms with Crippen LogP contribution in [0.25, 0.3) is 0 Å². The molecule has 1 aromatic rings. The van der Waals surface area contributed by atoms with Gasteiger partial charge in [0.2, 0.25) is 0 Å². The van der Waals surface area contributed by atoms with Crippen molar-refractivity contribution in [3.8, 4) is 0 Å². The largest absolute Gasteiger partial charge is 0.416 e. The standard InChI is InChI=1S/C14H19F3N2/c1-10-5-4-8-19(10)13(9-18)11-6-2-3-7-12(11)14(15,16)17/h2-3,6-7,10,13H,4-5,8-9,18H2,1H3. The zero-order chi connectivity index (χ0) is 14.0. The second kappa shape index (κ2) is 5.51. The molecule has 0 amide bonds. The van der Waals surface area contributed by atoms with Crippen LogP contribution in [-0.4, -0.2) is 24.0 Å². The fourth-order valence-electron chi connectivity index (χ4n) is 2.91. The lowest BCUT2D eigenvalue weighted by Crippen LogP contribution is -2.37. The molecule has 0 spiro atoms.